The second kappa shape index (κ2) is 3.83. The third-order valence-corrected chi connectivity index (χ3v) is 3.25. The topological polar surface area (TPSA) is 55.1 Å². The zero-order valence-corrected chi connectivity index (χ0v) is 9.30. The zero-order valence-electron chi connectivity index (χ0n) is 9.30. The van der Waals surface area contributed by atoms with E-state index in [-0.39, 0.29) is 6.04 Å². The molecule has 1 fully saturated rings. The molecule has 0 amide bonds. The summed E-state index contributed by atoms with van der Waals surface area (Å²) in [5.74, 6) is 1.52. The molecular formula is C11H15N5. The summed E-state index contributed by atoms with van der Waals surface area (Å²) in [5, 5.41) is 16.2. The summed E-state index contributed by atoms with van der Waals surface area (Å²) in [5.41, 5.74) is 0.817. The molecule has 0 bridgehead atoms. The minimum atomic E-state index is 0.277. The first-order valence-electron chi connectivity index (χ1n) is 5.76. The van der Waals surface area contributed by atoms with Gasteiger partial charge in [-0.3, -0.25) is 0 Å². The maximum absolute atomic E-state index is 4.30. The highest BCUT2D eigenvalue weighted by Gasteiger charge is 2.26. The summed E-state index contributed by atoms with van der Waals surface area (Å²) in [6, 6.07) is 4.08. The molecule has 5 heteroatoms. The SMILES string of the molecule is CC1CCCNC1c1nnc2cccnn12. The summed E-state index contributed by atoms with van der Waals surface area (Å²) in [6.45, 7) is 3.30. The van der Waals surface area contributed by atoms with Gasteiger partial charge < -0.3 is 5.32 Å². The molecule has 1 aliphatic rings. The van der Waals surface area contributed by atoms with Gasteiger partial charge in [0.15, 0.2) is 11.5 Å². The van der Waals surface area contributed by atoms with Crippen LogP contribution in [0.3, 0.4) is 0 Å². The Morgan fingerprint density at radius 3 is 3.25 bits per heavy atom. The van der Waals surface area contributed by atoms with Crippen LogP contribution in [0.2, 0.25) is 0 Å². The fourth-order valence-electron chi connectivity index (χ4n) is 2.35. The molecule has 0 radical (unpaired) electrons. The van der Waals surface area contributed by atoms with E-state index in [0.29, 0.717) is 5.92 Å². The molecule has 1 aliphatic heterocycles. The molecule has 0 spiro atoms. The molecule has 3 heterocycles. The van der Waals surface area contributed by atoms with Gasteiger partial charge in [0.25, 0.3) is 0 Å². The van der Waals surface area contributed by atoms with Crippen molar-refractivity contribution >= 4 is 5.65 Å². The van der Waals surface area contributed by atoms with Crippen molar-refractivity contribution in [3.63, 3.8) is 0 Å². The minimum Gasteiger partial charge on any atom is -0.307 e. The molecule has 0 saturated carbocycles. The van der Waals surface area contributed by atoms with Crippen LogP contribution in [-0.4, -0.2) is 26.4 Å². The smallest absolute Gasteiger partial charge is 0.177 e. The van der Waals surface area contributed by atoms with Gasteiger partial charge in [0.05, 0.1) is 6.04 Å². The number of hydrogen-bond acceptors (Lipinski definition) is 4. The largest absolute Gasteiger partial charge is 0.307 e. The van der Waals surface area contributed by atoms with Crippen LogP contribution in [0, 0.1) is 5.92 Å². The number of nitrogens with zero attached hydrogens (tertiary/aromatic N) is 4. The molecule has 2 aromatic rings. The Hall–Kier alpha value is -1.49. The Morgan fingerprint density at radius 1 is 1.44 bits per heavy atom. The molecular weight excluding hydrogens is 202 g/mol. The van der Waals surface area contributed by atoms with Crippen LogP contribution in [0.25, 0.3) is 5.65 Å². The van der Waals surface area contributed by atoms with Crippen LogP contribution < -0.4 is 5.32 Å². The van der Waals surface area contributed by atoms with E-state index < -0.39 is 0 Å². The normalized spacial score (nSPS) is 26.1. The van der Waals surface area contributed by atoms with Crippen molar-refractivity contribution in [1.29, 1.82) is 0 Å². The van der Waals surface area contributed by atoms with E-state index in [4.69, 9.17) is 0 Å². The number of rotatable bonds is 1. The summed E-state index contributed by atoms with van der Waals surface area (Å²) in [6.07, 6.45) is 4.24. The molecule has 5 nitrogen and oxygen atoms in total. The minimum absolute atomic E-state index is 0.277. The van der Waals surface area contributed by atoms with Crippen molar-refractivity contribution in [2.45, 2.75) is 25.8 Å². The first-order chi connectivity index (χ1) is 7.86. The zero-order chi connectivity index (χ0) is 11.0. The van der Waals surface area contributed by atoms with Gasteiger partial charge in [-0.05, 0) is 37.4 Å². The van der Waals surface area contributed by atoms with Crippen LogP contribution in [0.4, 0.5) is 0 Å². The van der Waals surface area contributed by atoms with Gasteiger partial charge in [-0.2, -0.15) is 9.61 Å². The second-order valence-corrected chi connectivity index (χ2v) is 4.40. The number of hydrogen-bond donors (Lipinski definition) is 1. The van der Waals surface area contributed by atoms with Gasteiger partial charge in [0, 0.05) is 6.20 Å². The molecule has 2 atom stereocenters. The maximum atomic E-state index is 4.30. The number of fused-ring (bicyclic) bond motifs is 1. The molecule has 0 aromatic carbocycles. The van der Waals surface area contributed by atoms with Crippen molar-refractivity contribution in [2.24, 2.45) is 5.92 Å². The van der Waals surface area contributed by atoms with E-state index in [1.165, 1.54) is 12.8 Å². The Morgan fingerprint density at radius 2 is 2.38 bits per heavy atom. The van der Waals surface area contributed by atoms with Gasteiger partial charge in [0.2, 0.25) is 0 Å². The van der Waals surface area contributed by atoms with Gasteiger partial charge in [-0.15, -0.1) is 10.2 Å². The van der Waals surface area contributed by atoms with E-state index in [0.717, 1.165) is 18.0 Å². The average Bonchev–Trinajstić information content (AvgIpc) is 2.74. The third-order valence-electron chi connectivity index (χ3n) is 3.25. The van der Waals surface area contributed by atoms with Crippen molar-refractivity contribution in [3.8, 4) is 0 Å². The lowest BCUT2D eigenvalue weighted by Crippen LogP contribution is -2.34. The quantitative estimate of drug-likeness (QED) is 0.779. The Balaban J connectivity index is 2.04. The van der Waals surface area contributed by atoms with Crippen LogP contribution in [0.5, 0.6) is 0 Å². The van der Waals surface area contributed by atoms with Crippen LogP contribution >= 0.6 is 0 Å². The summed E-state index contributed by atoms with van der Waals surface area (Å²) >= 11 is 0. The molecule has 16 heavy (non-hydrogen) atoms. The molecule has 84 valence electrons. The lowest BCUT2D eigenvalue weighted by Gasteiger charge is -2.28. The van der Waals surface area contributed by atoms with E-state index in [1.54, 1.807) is 6.20 Å². The Bertz CT molecular complexity index is 492. The lowest BCUT2D eigenvalue weighted by molar-refractivity contribution is 0.291. The number of nitrogens with one attached hydrogen (secondary N) is 1. The highest BCUT2D eigenvalue weighted by molar-refractivity contribution is 5.35. The van der Waals surface area contributed by atoms with Crippen molar-refractivity contribution < 1.29 is 0 Å². The summed E-state index contributed by atoms with van der Waals surface area (Å²) in [4.78, 5) is 0. The van der Waals surface area contributed by atoms with Gasteiger partial charge >= 0.3 is 0 Å². The average molecular weight is 217 g/mol. The predicted octanol–water partition coefficient (Wildman–Crippen LogP) is 1.18. The second-order valence-electron chi connectivity index (χ2n) is 4.40. The summed E-state index contributed by atoms with van der Waals surface area (Å²) in [7, 11) is 0. The van der Waals surface area contributed by atoms with Crippen LogP contribution in [-0.2, 0) is 0 Å². The van der Waals surface area contributed by atoms with E-state index in [9.17, 15) is 0 Å². The first-order valence-corrected chi connectivity index (χ1v) is 5.76. The molecule has 1 N–H and O–H groups in total. The third kappa shape index (κ3) is 1.48. The van der Waals surface area contributed by atoms with E-state index in [2.05, 4.69) is 27.5 Å². The molecule has 1 saturated heterocycles. The van der Waals surface area contributed by atoms with Gasteiger partial charge in [-0.1, -0.05) is 6.92 Å². The van der Waals surface area contributed by atoms with Crippen LogP contribution in [0.15, 0.2) is 18.3 Å². The van der Waals surface area contributed by atoms with Crippen molar-refractivity contribution in [1.82, 2.24) is 25.1 Å². The molecule has 2 unspecified atom stereocenters. The highest BCUT2D eigenvalue weighted by atomic mass is 15.4. The molecule has 3 rings (SSSR count). The Labute approximate surface area is 93.9 Å². The fourth-order valence-corrected chi connectivity index (χ4v) is 2.35. The summed E-state index contributed by atoms with van der Waals surface area (Å²) < 4.78 is 1.83. The Kier molecular flexibility index (Phi) is 2.32. The van der Waals surface area contributed by atoms with Gasteiger partial charge in [-0.25, -0.2) is 0 Å². The van der Waals surface area contributed by atoms with Crippen molar-refractivity contribution in [3.05, 3.63) is 24.2 Å². The van der Waals surface area contributed by atoms with Crippen molar-refractivity contribution in [2.75, 3.05) is 6.54 Å². The van der Waals surface area contributed by atoms with E-state index >= 15 is 0 Å². The van der Waals surface area contributed by atoms with Gasteiger partial charge in [0.1, 0.15) is 0 Å². The molecule has 0 aliphatic carbocycles. The maximum Gasteiger partial charge on any atom is 0.177 e. The standard InChI is InChI=1S/C11H15N5/c1-8-4-2-6-12-10(8)11-15-14-9-5-3-7-13-16(9)11/h3,5,7-8,10,12H,2,4,6H2,1H3. The van der Waals surface area contributed by atoms with E-state index in [1.807, 2.05) is 16.6 Å². The molecule has 2 aromatic heterocycles. The highest BCUT2D eigenvalue weighted by Crippen LogP contribution is 2.27. The number of aromatic nitrogens is 4. The number of piperidine rings is 1. The fraction of sp³-hybridized carbons (Fsp3) is 0.545. The van der Waals surface area contributed by atoms with Crippen LogP contribution in [0.1, 0.15) is 31.6 Å². The monoisotopic (exact) mass is 217 g/mol. The lowest BCUT2D eigenvalue weighted by atomic mass is 9.92. The first kappa shape index (κ1) is 9.72. The predicted molar refractivity (Wildman–Crippen MR) is 59.9 cm³/mol.